The van der Waals surface area contributed by atoms with E-state index in [0.29, 0.717) is 5.56 Å². The quantitative estimate of drug-likeness (QED) is 0.319. The molecule has 0 bridgehead atoms. The van der Waals surface area contributed by atoms with E-state index < -0.39 is 53.6 Å². The Balaban J connectivity index is 1.72. The summed E-state index contributed by atoms with van der Waals surface area (Å²) in [5.74, 6) is -3.53. The standard InChI is InChI=1S/C27H22Cl2F3N5O4/c28-20-11-34-12-21(29)23(20)22(38)14-36(13-16-3-1-2-15(8-16)9-33)25(39)19-10-35-37(24(19)27(30,31)32)18-6-4-17(5-7-18)26(40)41/h1-3,8,10-12,17-18H,4-7,13-14H2,(H,40,41)/t17-,18-. The van der Waals surface area contributed by atoms with Gasteiger partial charge in [-0.05, 0) is 43.4 Å². The first kappa shape index (κ1) is 30.0. The zero-order valence-electron chi connectivity index (χ0n) is 21.2. The van der Waals surface area contributed by atoms with Gasteiger partial charge in [0.15, 0.2) is 11.5 Å². The maximum absolute atomic E-state index is 14.4. The molecule has 0 radical (unpaired) electrons. The van der Waals surface area contributed by atoms with E-state index in [9.17, 15) is 37.9 Å². The van der Waals surface area contributed by atoms with Gasteiger partial charge < -0.3 is 10.0 Å². The van der Waals surface area contributed by atoms with Gasteiger partial charge in [0.05, 0.1) is 57.5 Å². The molecule has 0 saturated heterocycles. The first-order valence-corrected chi connectivity index (χ1v) is 13.1. The lowest BCUT2D eigenvalue weighted by Crippen LogP contribution is -2.37. The highest BCUT2D eigenvalue weighted by Crippen LogP contribution is 2.39. The van der Waals surface area contributed by atoms with Crippen LogP contribution in [0.1, 0.15) is 69.3 Å². The van der Waals surface area contributed by atoms with Crippen molar-refractivity contribution in [1.82, 2.24) is 19.7 Å². The molecule has 1 aliphatic rings. The van der Waals surface area contributed by atoms with Gasteiger partial charge in [-0.15, -0.1) is 0 Å². The first-order chi connectivity index (χ1) is 19.4. The molecular formula is C27H22Cl2F3N5O4. The van der Waals surface area contributed by atoms with E-state index in [1.54, 1.807) is 12.1 Å². The SMILES string of the molecule is N#Cc1cccc(CN(CC(=O)c2c(Cl)cncc2Cl)C(=O)c2cnn([C@H]3CC[C@H](C(=O)O)CC3)c2C(F)(F)F)c1. The van der Waals surface area contributed by atoms with Crippen LogP contribution in [0.4, 0.5) is 13.2 Å². The number of alkyl halides is 3. The summed E-state index contributed by atoms with van der Waals surface area (Å²) in [7, 11) is 0. The number of aromatic nitrogens is 3. The third-order valence-corrected chi connectivity index (χ3v) is 7.44. The maximum atomic E-state index is 14.4. The molecule has 1 fully saturated rings. The average molecular weight is 608 g/mol. The Bertz CT molecular complexity index is 1510. The highest BCUT2D eigenvalue weighted by atomic mass is 35.5. The molecule has 0 atom stereocenters. The molecule has 2 heterocycles. The fraction of sp³-hybridized carbons (Fsp3) is 0.333. The number of aliphatic carboxylic acids is 1. The number of hydrogen-bond donors (Lipinski definition) is 1. The number of carboxylic acid groups (broad SMARTS) is 1. The number of Topliss-reactive ketones (excluding diaryl/α,β-unsaturated/α-hetero) is 1. The smallest absolute Gasteiger partial charge is 0.433 e. The number of ketones is 1. The van der Waals surface area contributed by atoms with Gasteiger partial charge in [0.25, 0.3) is 5.91 Å². The average Bonchev–Trinajstić information content (AvgIpc) is 3.38. The summed E-state index contributed by atoms with van der Waals surface area (Å²) < 4.78 is 44.0. The van der Waals surface area contributed by atoms with Crippen LogP contribution in [0.25, 0.3) is 0 Å². The predicted molar refractivity (Wildman–Crippen MR) is 140 cm³/mol. The maximum Gasteiger partial charge on any atom is 0.433 e. The van der Waals surface area contributed by atoms with Gasteiger partial charge in [-0.2, -0.15) is 23.5 Å². The summed E-state index contributed by atoms with van der Waals surface area (Å²) in [4.78, 5) is 43.0. The Hall–Kier alpha value is -3.95. The minimum Gasteiger partial charge on any atom is -0.481 e. The van der Waals surface area contributed by atoms with Crippen molar-refractivity contribution in [3.8, 4) is 6.07 Å². The molecule has 0 aliphatic heterocycles. The van der Waals surface area contributed by atoms with Gasteiger partial charge in [0.1, 0.15) is 0 Å². The monoisotopic (exact) mass is 607 g/mol. The zero-order valence-corrected chi connectivity index (χ0v) is 22.7. The lowest BCUT2D eigenvalue weighted by atomic mass is 9.86. The Labute approximate surface area is 242 Å². The molecule has 0 unspecified atom stereocenters. The lowest BCUT2D eigenvalue weighted by molar-refractivity contribution is -0.147. The molecule has 1 aromatic carbocycles. The molecule has 4 rings (SSSR count). The Morgan fingerprint density at radius 3 is 2.34 bits per heavy atom. The van der Waals surface area contributed by atoms with Crippen molar-refractivity contribution in [1.29, 1.82) is 5.26 Å². The van der Waals surface area contributed by atoms with Crippen molar-refractivity contribution in [2.75, 3.05) is 6.54 Å². The number of halogens is 5. The van der Waals surface area contributed by atoms with E-state index >= 15 is 0 Å². The molecule has 2 aromatic heterocycles. The molecule has 9 nitrogen and oxygen atoms in total. The van der Waals surface area contributed by atoms with Crippen molar-refractivity contribution >= 4 is 40.9 Å². The molecule has 0 spiro atoms. The summed E-state index contributed by atoms with van der Waals surface area (Å²) in [6.07, 6.45) is -1.21. The largest absolute Gasteiger partial charge is 0.481 e. The van der Waals surface area contributed by atoms with Crippen LogP contribution < -0.4 is 0 Å². The van der Waals surface area contributed by atoms with Crippen LogP contribution in [-0.2, 0) is 17.5 Å². The van der Waals surface area contributed by atoms with Gasteiger partial charge >= 0.3 is 12.1 Å². The zero-order chi connectivity index (χ0) is 29.9. The van der Waals surface area contributed by atoms with E-state index in [-0.39, 0.29) is 53.4 Å². The highest BCUT2D eigenvalue weighted by Gasteiger charge is 2.43. The third kappa shape index (κ3) is 6.69. The number of carbonyl (C=O) groups excluding carboxylic acids is 2. The van der Waals surface area contributed by atoms with Gasteiger partial charge in [-0.25, -0.2) is 0 Å². The van der Waals surface area contributed by atoms with E-state index in [1.807, 2.05) is 6.07 Å². The van der Waals surface area contributed by atoms with Crippen molar-refractivity contribution in [3.05, 3.63) is 80.8 Å². The van der Waals surface area contributed by atoms with E-state index in [0.717, 1.165) is 15.8 Å². The number of carbonyl (C=O) groups is 3. The van der Waals surface area contributed by atoms with Gasteiger partial charge in [-0.3, -0.25) is 24.0 Å². The summed E-state index contributed by atoms with van der Waals surface area (Å²) in [6.45, 7) is -1.00. The van der Waals surface area contributed by atoms with Gasteiger partial charge in [-0.1, -0.05) is 35.3 Å². The van der Waals surface area contributed by atoms with Crippen LogP contribution >= 0.6 is 23.2 Å². The molecule has 214 valence electrons. The van der Waals surface area contributed by atoms with Gasteiger partial charge in [0, 0.05) is 18.9 Å². The Morgan fingerprint density at radius 2 is 1.76 bits per heavy atom. The molecule has 41 heavy (non-hydrogen) atoms. The topological polar surface area (TPSA) is 129 Å². The Morgan fingerprint density at radius 1 is 1.10 bits per heavy atom. The minimum absolute atomic E-state index is 0.0952. The number of pyridine rings is 1. The van der Waals surface area contributed by atoms with Crippen LogP contribution in [0.3, 0.4) is 0 Å². The van der Waals surface area contributed by atoms with Crippen LogP contribution in [0, 0.1) is 17.2 Å². The second-order valence-corrected chi connectivity index (χ2v) is 10.4. The van der Waals surface area contributed by atoms with E-state index in [1.165, 1.54) is 24.5 Å². The van der Waals surface area contributed by atoms with Crippen molar-refractivity contribution in [2.24, 2.45) is 5.92 Å². The van der Waals surface area contributed by atoms with Crippen LogP contribution in [-0.4, -0.2) is 49.0 Å². The molecule has 14 heteroatoms. The fourth-order valence-electron chi connectivity index (χ4n) is 4.91. The van der Waals surface area contributed by atoms with Crippen molar-refractivity contribution in [3.63, 3.8) is 0 Å². The number of nitrogens with zero attached hydrogens (tertiary/aromatic N) is 5. The second-order valence-electron chi connectivity index (χ2n) is 9.57. The number of rotatable bonds is 8. The number of hydrogen-bond acceptors (Lipinski definition) is 6. The molecule has 1 aliphatic carbocycles. The van der Waals surface area contributed by atoms with E-state index in [2.05, 4.69) is 10.1 Å². The van der Waals surface area contributed by atoms with Crippen LogP contribution in [0.2, 0.25) is 10.0 Å². The molecule has 1 N–H and O–H groups in total. The molecule has 3 aromatic rings. The second kappa shape index (κ2) is 12.3. The highest BCUT2D eigenvalue weighted by molar-refractivity contribution is 6.39. The number of amides is 1. The number of benzene rings is 1. The van der Waals surface area contributed by atoms with Crippen LogP contribution in [0.5, 0.6) is 0 Å². The summed E-state index contributed by atoms with van der Waals surface area (Å²) >= 11 is 12.2. The number of carboxylic acids is 1. The van der Waals surface area contributed by atoms with Crippen molar-refractivity contribution in [2.45, 2.75) is 44.4 Å². The molecule has 1 saturated carbocycles. The van der Waals surface area contributed by atoms with Gasteiger partial charge in [0.2, 0.25) is 0 Å². The Kier molecular flexibility index (Phi) is 8.99. The normalized spacial score (nSPS) is 17.1. The third-order valence-electron chi connectivity index (χ3n) is 6.87. The summed E-state index contributed by atoms with van der Waals surface area (Å²) in [5, 5.41) is 22.2. The predicted octanol–water partition coefficient (Wildman–Crippen LogP) is 5.82. The molecule has 1 amide bonds. The summed E-state index contributed by atoms with van der Waals surface area (Å²) in [5.41, 5.74) is -1.56. The van der Waals surface area contributed by atoms with Crippen molar-refractivity contribution < 1.29 is 32.7 Å². The lowest BCUT2D eigenvalue weighted by Gasteiger charge is -2.28. The minimum atomic E-state index is -4.99. The van der Waals surface area contributed by atoms with Crippen LogP contribution in [0.15, 0.2) is 42.9 Å². The molecular weight excluding hydrogens is 586 g/mol. The first-order valence-electron chi connectivity index (χ1n) is 12.4. The van der Waals surface area contributed by atoms with E-state index in [4.69, 9.17) is 23.2 Å². The summed E-state index contributed by atoms with van der Waals surface area (Å²) in [6, 6.07) is 7.26. The fourth-order valence-corrected chi connectivity index (χ4v) is 5.48. The number of nitriles is 1.